The molecule has 2 saturated heterocycles. The van der Waals surface area contributed by atoms with Crippen LogP contribution in [0, 0.1) is 11.3 Å². The lowest BCUT2D eigenvalue weighted by Gasteiger charge is -2.38. The lowest BCUT2D eigenvalue weighted by Crippen LogP contribution is -2.48. The molecule has 2 aliphatic rings. The molecule has 0 bridgehead atoms. The van der Waals surface area contributed by atoms with E-state index in [1.807, 2.05) is 0 Å². The van der Waals surface area contributed by atoms with Gasteiger partial charge in [0.1, 0.15) is 0 Å². The van der Waals surface area contributed by atoms with Gasteiger partial charge in [-0.1, -0.05) is 13.8 Å². The highest BCUT2D eigenvalue weighted by Gasteiger charge is 2.33. The van der Waals surface area contributed by atoms with Crippen LogP contribution in [0.3, 0.4) is 0 Å². The molecule has 0 radical (unpaired) electrons. The minimum Gasteiger partial charge on any atom is -0.380 e. The second-order valence-corrected chi connectivity index (χ2v) is 5.30. The molecule has 2 aliphatic heterocycles. The van der Waals surface area contributed by atoms with Crippen molar-refractivity contribution < 1.29 is 9.47 Å². The lowest BCUT2D eigenvalue weighted by molar-refractivity contribution is -0.0993. The van der Waals surface area contributed by atoms with Crippen molar-refractivity contribution >= 4 is 0 Å². The molecule has 0 aromatic rings. The van der Waals surface area contributed by atoms with Gasteiger partial charge in [0, 0.05) is 25.1 Å². The molecular formula is C12H23NO2. The fourth-order valence-corrected chi connectivity index (χ4v) is 2.49. The molecule has 0 aromatic carbocycles. The number of ether oxygens (including phenoxy) is 2. The molecule has 3 nitrogen and oxygen atoms in total. The van der Waals surface area contributed by atoms with Crippen molar-refractivity contribution in [2.45, 2.75) is 32.8 Å². The zero-order valence-corrected chi connectivity index (χ0v) is 9.92. The maximum Gasteiger partial charge on any atom is 0.0613 e. The van der Waals surface area contributed by atoms with Crippen molar-refractivity contribution in [1.29, 1.82) is 0 Å². The molecule has 2 rings (SSSR count). The molecule has 0 amide bonds. The van der Waals surface area contributed by atoms with E-state index < -0.39 is 0 Å². The highest BCUT2D eigenvalue weighted by Crippen LogP contribution is 2.26. The van der Waals surface area contributed by atoms with Crippen LogP contribution in [0.2, 0.25) is 0 Å². The van der Waals surface area contributed by atoms with Gasteiger partial charge in [-0.05, 0) is 18.8 Å². The normalized spacial score (nSPS) is 34.0. The Hall–Kier alpha value is -0.120. The second-order valence-electron chi connectivity index (χ2n) is 5.30. The zero-order chi connectivity index (χ0) is 10.7. The molecule has 2 unspecified atom stereocenters. The Morgan fingerprint density at radius 3 is 2.80 bits per heavy atom. The summed E-state index contributed by atoms with van der Waals surface area (Å²) < 4.78 is 10.9. The molecular weight excluding hydrogens is 190 g/mol. The molecule has 15 heavy (non-hydrogen) atoms. The van der Waals surface area contributed by atoms with Gasteiger partial charge in [-0.25, -0.2) is 0 Å². The molecule has 0 aromatic heterocycles. The maximum absolute atomic E-state index is 5.67. The summed E-state index contributed by atoms with van der Waals surface area (Å²) in [5.74, 6) is 0.722. The fourth-order valence-electron chi connectivity index (χ4n) is 2.49. The van der Waals surface area contributed by atoms with Crippen molar-refractivity contribution in [3.63, 3.8) is 0 Å². The van der Waals surface area contributed by atoms with Gasteiger partial charge in [0.25, 0.3) is 0 Å². The molecule has 2 fully saturated rings. The Kier molecular flexibility index (Phi) is 3.65. The van der Waals surface area contributed by atoms with Crippen LogP contribution in [0.4, 0.5) is 0 Å². The van der Waals surface area contributed by atoms with E-state index in [1.165, 1.54) is 6.42 Å². The van der Waals surface area contributed by atoms with Crippen LogP contribution in [0.1, 0.15) is 26.7 Å². The Labute approximate surface area is 92.5 Å². The molecule has 2 atom stereocenters. The van der Waals surface area contributed by atoms with Crippen molar-refractivity contribution in [2.24, 2.45) is 11.3 Å². The summed E-state index contributed by atoms with van der Waals surface area (Å²) in [6.45, 7) is 9.46. The van der Waals surface area contributed by atoms with Gasteiger partial charge in [0.15, 0.2) is 0 Å². The summed E-state index contributed by atoms with van der Waals surface area (Å²) in [6, 6.07) is 0. The first-order valence-electron chi connectivity index (χ1n) is 6.13. The number of hydrogen-bond acceptors (Lipinski definition) is 3. The molecule has 3 heteroatoms. The lowest BCUT2D eigenvalue weighted by atomic mass is 9.88. The van der Waals surface area contributed by atoms with Crippen LogP contribution in [-0.2, 0) is 9.47 Å². The monoisotopic (exact) mass is 213 g/mol. The largest absolute Gasteiger partial charge is 0.380 e. The molecule has 0 spiro atoms. The van der Waals surface area contributed by atoms with Gasteiger partial charge in [-0.3, -0.25) is 0 Å². The van der Waals surface area contributed by atoms with Crippen LogP contribution in [0.5, 0.6) is 0 Å². The van der Waals surface area contributed by atoms with Gasteiger partial charge in [-0.2, -0.15) is 0 Å². The summed E-state index contributed by atoms with van der Waals surface area (Å²) in [4.78, 5) is 0. The average Bonchev–Trinajstić information content (AvgIpc) is 2.63. The third-order valence-electron chi connectivity index (χ3n) is 3.61. The van der Waals surface area contributed by atoms with E-state index in [4.69, 9.17) is 9.47 Å². The van der Waals surface area contributed by atoms with E-state index in [2.05, 4.69) is 19.2 Å². The minimum absolute atomic E-state index is 0.390. The number of nitrogens with one attached hydrogen (secondary N) is 1. The van der Waals surface area contributed by atoms with Crippen LogP contribution in [0.25, 0.3) is 0 Å². The minimum atomic E-state index is 0.390. The van der Waals surface area contributed by atoms with Crippen molar-refractivity contribution in [2.75, 3.05) is 32.9 Å². The van der Waals surface area contributed by atoms with Crippen molar-refractivity contribution in [3.05, 3.63) is 0 Å². The van der Waals surface area contributed by atoms with Crippen LogP contribution in [0.15, 0.2) is 0 Å². The molecule has 2 heterocycles. The second kappa shape index (κ2) is 4.81. The standard InChI is InChI=1S/C12H23NO2/c1-3-11-10(4-5-15-11)6-13-7-12(2)8-14-9-12/h10-11,13H,3-9H2,1-2H3. The first-order valence-corrected chi connectivity index (χ1v) is 6.13. The fraction of sp³-hybridized carbons (Fsp3) is 1.00. The number of rotatable bonds is 5. The Morgan fingerprint density at radius 1 is 1.40 bits per heavy atom. The summed E-state index contributed by atoms with van der Waals surface area (Å²) in [5.41, 5.74) is 0.390. The predicted molar refractivity (Wildman–Crippen MR) is 59.9 cm³/mol. The Bertz CT molecular complexity index is 204. The zero-order valence-electron chi connectivity index (χ0n) is 9.92. The SMILES string of the molecule is CCC1OCCC1CNCC1(C)COC1. The van der Waals surface area contributed by atoms with E-state index in [1.54, 1.807) is 0 Å². The smallest absolute Gasteiger partial charge is 0.0613 e. The van der Waals surface area contributed by atoms with Gasteiger partial charge in [0.2, 0.25) is 0 Å². The maximum atomic E-state index is 5.67. The highest BCUT2D eigenvalue weighted by atomic mass is 16.5. The highest BCUT2D eigenvalue weighted by molar-refractivity contribution is 4.84. The summed E-state index contributed by atoms with van der Waals surface area (Å²) in [5, 5.41) is 3.57. The average molecular weight is 213 g/mol. The molecule has 0 saturated carbocycles. The predicted octanol–water partition coefficient (Wildman–Crippen LogP) is 1.43. The van der Waals surface area contributed by atoms with Crippen LogP contribution >= 0.6 is 0 Å². The first kappa shape index (κ1) is 11.4. The Morgan fingerprint density at radius 2 is 2.20 bits per heavy atom. The van der Waals surface area contributed by atoms with Crippen LogP contribution < -0.4 is 5.32 Å². The van der Waals surface area contributed by atoms with E-state index in [0.717, 1.165) is 45.2 Å². The van der Waals surface area contributed by atoms with E-state index in [-0.39, 0.29) is 0 Å². The summed E-state index contributed by atoms with van der Waals surface area (Å²) in [7, 11) is 0. The molecule has 1 N–H and O–H groups in total. The van der Waals surface area contributed by atoms with Gasteiger partial charge >= 0.3 is 0 Å². The van der Waals surface area contributed by atoms with Gasteiger partial charge in [-0.15, -0.1) is 0 Å². The topological polar surface area (TPSA) is 30.5 Å². The van der Waals surface area contributed by atoms with E-state index >= 15 is 0 Å². The molecule has 0 aliphatic carbocycles. The first-order chi connectivity index (χ1) is 7.23. The van der Waals surface area contributed by atoms with Crippen molar-refractivity contribution in [3.8, 4) is 0 Å². The quantitative estimate of drug-likeness (QED) is 0.749. The number of hydrogen-bond donors (Lipinski definition) is 1. The summed E-state index contributed by atoms with van der Waals surface area (Å²) >= 11 is 0. The molecule has 88 valence electrons. The van der Waals surface area contributed by atoms with Gasteiger partial charge < -0.3 is 14.8 Å². The third kappa shape index (κ3) is 2.71. The van der Waals surface area contributed by atoms with Gasteiger partial charge in [0.05, 0.1) is 19.3 Å². The Balaban J connectivity index is 1.64. The van der Waals surface area contributed by atoms with Crippen molar-refractivity contribution in [1.82, 2.24) is 5.32 Å². The van der Waals surface area contributed by atoms with E-state index in [0.29, 0.717) is 11.5 Å². The third-order valence-corrected chi connectivity index (χ3v) is 3.61. The summed E-state index contributed by atoms with van der Waals surface area (Å²) in [6.07, 6.45) is 2.86. The van der Waals surface area contributed by atoms with E-state index in [9.17, 15) is 0 Å². The van der Waals surface area contributed by atoms with Crippen LogP contribution in [-0.4, -0.2) is 39.0 Å².